The average molecular weight is 260 g/mol. The molecule has 6 nitrogen and oxygen atoms in total. The number of aliphatic hydroxyl groups is 1. The van der Waals surface area contributed by atoms with Crippen LogP contribution in [0.15, 0.2) is 0 Å². The Hall–Kier alpha value is -1.30. The highest BCUT2D eigenvalue weighted by Gasteiger charge is 2.19. The van der Waals surface area contributed by atoms with Gasteiger partial charge in [-0.1, -0.05) is 26.7 Å². The summed E-state index contributed by atoms with van der Waals surface area (Å²) >= 11 is 0. The van der Waals surface area contributed by atoms with Gasteiger partial charge in [0.05, 0.1) is 6.61 Å². The van der Waals surface area contributed by atoms with Crippen molar-refractivity contribution in [3.63, 3.8) is 0 Å². The first kappa shape index (κ1) is 16.7. The van der Waals surface area contributed by atoms with Crippen LogP contribution in [0, 0.1) is 5.92 Å². The summed E-state index contributed by atoms with van der Waals surface area (Å²) in [6.45, 7) is 5.53. The van der Waals surface area contributed by atoms with Crippen molar-refractivity contribution in [3.05, 3.63) is 0 Å². The van der Waals surface area contributed by atoms with Gasteiger partial charge in [0.15, 0.2) is 6.04 Å². The maximum Gasteiger partial charge on any atom is 0.328 e. The van der Waals surface area contributed by atoms with Crippen molar-refractivity contribution >= 4 is 12.0 Å². The van der Waals surface area contributed by atoms with Crippen molar-refractivity contribution in [3.8, 4) is 0 Å². The molecule has 0 aromatic heterocycles. The lowest BCUT2D eigenvalue weighted by molar-refractivity contribution is -0.140. The first-order chi connectivity index (χ1) is 8.36. The normalized spacial score (nSPS) is 14.1. The van der Waals surface area contributed by atoms with Crippen molar-refractivity contribution in [2.24, 2.45) is 5.92 Å². The zero-order valence-corrected chi connectivity index (χ0v) is 11.3. The molecule has 0 fully saturated rings. The van der Waals surface area contributed by atoms with Gasteiger partial charge in [-0.3, -0.25) is 0 Å². The molecular weight excluding hydrogens is 236 g/mol. The van der Waals surface area contributed by atoms with Crippen LogP contribution in [-0.4, -0.2) is 40.9 Å². The Morgan fingerprint density at radius 3 is 2.17 bits per heavy atom. The van der Waals surface area contributed by atoms with E-state index in [0.29, 0.717) is 5.92 Å². The van der Waals surface area contributed by atoms with Gasteiger partial charge in [0.1, 0.15) is 0 Å². The molecule has 0 rings (SSSR count). The fourth-order valence-electron chi connectivity index (χ4n) is 1.51. The van der Waals surface area contributed by atoms with Gasteiger partial charge >= 0.3 is 12.0 Å². The predicted molar refractivity (Wildman–Crippen MR) is 68.3 cm³/mol. The molecule has 4 N–H and O–H groups in total. The van der Waals surface area contributed by atoms with Gasteiger partial charge in [-0.05, 0) is 19.3 Å². The molecule has 2 amide bonds. The van der Waals surface area contributed by atoms with Crippen molar-refractivity contribution < 1.29 is 19.8 Å². The maximum atomic E-state index is 11.4. The highest BCUT2D eigenvalue weighted by Crippen LogP contribution is 2.08. The van der Waals surface area contributed by atoms with Gasteiger partial charge in [-0.2, -0.15) is 0 Å². The topological polar surface area (TPSA) is 98.7 Å². The highest BCUT2D eigenvalue weighted by molar-refractivity contribution is 5.82. The van der Waals surface area contributed by atoms with E-state index in [1.807, 2.05) is 6.92 Å². The lowest BCUT2D eigenvalue weighted by atomic mass is 10.0. The molecule has 18 heavy (non-hydrogen) atoms. The number of carboxylic acid groups (broad SMARTS) is 1. The SMILES string of the molecule is CC(C)CCCC(C)NC(=O)N[C@@H](CO)C(=O)O. The summed E-state index contributed by atoms with van der Waals surface area (Å²) in [5.74, 6) is -0.614. The molecular formula is C12H24N2O4. The second-order valence-electron chi connectivity index (χ2n) is 4.92. The molecule has 0 aliphatic carbocycles. The second kappa shape index (κ2) is 8.74. The summed E-state index contributed by atoms with van der Waals surface area (Å²) in [5, 5.41) is 22.3. The Labute approximate surface area is 108 Å². The molecule has 0 heterocycles. The minimum Gasteiger partial charge on any atom is -0.480 e. The Kier molecular flexibility index (Phi) is 8.11. The van der Waals surface area contributed by atoms with E-state index in [-0.39, 0.29) is 6.04 Å². The highest BCUT2D eigenvalue weighted by atomic mass is 16.4. The lowest BCUT2D eigenvalue weighted by Gasteiger charge is -2.17. The molecule has 1 unspecified atom stereocenters. The van der Waals surface area contributed by atoms with Gasteiger partial charge in [-0.15, -0.1) is 0 Å². The van der Waals surface area contributed by atoms with Crippen LogP contribution in [0.4, 0.5) is 4.79 Å². The lowest BCUT2D eigenvalue weighted by Crippen LogP contribution is -2.49. The third-order valence-electron chi connectivity index (χ3n) is 2.58. The summed E-state index contributed by atoms with van der Waals surface area (Å²) < 4.78 is 0. The van der Waals surface area contributed by atoms with Gasteiger partial charge < -0.3 is 20.8 Å². The van der Waals surface area contributed by atoms with Gasteiger partial charge in [0.2, 0.25) is 0 Å². The van der Waals surface area contributed by atoms with E-state index < -0.39 is 24.6 Å². The molecule has 0 saturated heterocycles. The number of carboxylic acids is 1. The maximum absolute atomic E-state index is 11.4. The Morgan fingerprint density at radius 1 is 1.11 bits per heavy atom. The number of nitrogens with one attached hydrogen (secondary N) is 2. The summed E-state index contributed by atoms with van der Waals surface area (Å²) in [5.41, 5.74) is 0. The molecule has 106 valence electrons. The van der Waals surface area contributed by atoms with Crippen LogP contribution in [0.5, 0.6) is 0 Å². The van der Waals surface area contributed by atoms with Gasteiger partial charge in [-0.25, -0.2) is 9.59 Å². The standard InChI is InChI=1S/C12H24N2O4/c1-8(2)5-4-6-9(3)13-12(18)14-10(7-15)11(16)17/h8-10,15H,4-7H2,1-3H3,(H,16,17)(H2,13,14,18)/t9?,10-/m0/s1. The Bertz CT molecular complexity index is 269. The van der Waals surface area contributed by atoms with E-state index in [0.717, 1.165) is 19.3 Å². The van der Waals surface area contributed by atoms with Gasteiger partial charge in [0, 0.05) is 6.04 Å². The van der Waals surface area contributed by atoms with Crippen LogP contribution in [0.25, 0.3) is 0 Å². The average Bonchev–Trinajstić information content (AvgIpc) is 2.24. The summed E-state index contributed by atoms with van der Waals surface area (Å²) in [6.07, 6.45) is 2.96. The van der Waals surface area contributed by atoms with Crippen molar-refractivity contribution in [1.82, 2.24) is 10.6 Å². The molecule has 0 aromatic rings. The summed E-state index contributed by atoms with van der Waals surface area (Å²) in [6, 6.07) is -1.83. The van der Waals surface area contributed by atoms with Crippen LogP contribution in [0.3, 0.4) is 0 Å². The monoisotopic (exact) mass is 260 g/mol. The second-order valence-corrected chi connectivity index (χ2v) is 4.92. The number of hydrogen-bond acceptors (Lipinski definition) is 3. The number of carbonyl (C=O) groups excluding carboxylic acids is 1. The zero-order chi connectivity index (χ0) is 14.1. The molecule has 0 radical (unpaired) electrons. The van der Waals surface area contributed by atoms with Crippen LogP contribution in [-0.2, 0) is 4.79 Å². The minimum atomic E-state index is -1.26. The number of aliphatic carboxylic acids is 1. The quantitative estimate of drug-likeness (QED) is 0.522. The number of carbonyl (C=O) groups is 2. The molecule has 6 heteroatoms. The third-order valence-corrected chi connectivity index (χ3v) is 2.58. The number of amides is 2. The zero-order valence-electron chi connectivity index (χ0n) is 11.3. The van der Waals surface area contributed by atoms with Crippen molar-refractivity contribution in [1.29, 1.82) is 0 Å². The van der Waals surface area contributed by atoms with E-state index in [1.165, 1.54) is 0 Å². The van der Waals surface area contributed by atoms with E-state index in [4.69, 9.17) is 10.2 Å². The number of hydrogen-bond donors (Lipinski definition) is 4. The first-order valence-corrected chi connectivity index (χ1v) is 6.27. The fraction of sp³-hybridized carbons (Fsp3) is 0.833. The van der Waals surface area contributed by atoms with Crippen molar-refractivity contribution in [2.45, 2.75) is 52.1 Å². The molecule has 2 atom stereocenters. The van der Waals surface area contributed by atoms with E-state index in [2.05, 4.69) is 24.5 Å². The largest absolute Gasteiger partial charge is 0.480 e. The molecule has 0 aliphatic heterocycles. The summed E-state index contributed by atoms with van der Waals surface area (Å²) in [7, 11) is 0. The van der Waals surface area contributed by atoms with Crippen molar-refractivity contribution in [2.75, 3.05) is 6.61 Å². The third kappa shape index (κ3) is 7.89. The molecule has 0 aliphatic rings. The van der Waals surface area contributed by atoms with Crippen LogP contribution >= 0.6 is 0 Å². The van der Waals surface area contributed by atoms with Crippen LogP contribution < -0.4 is 10.6 Å². The Morgan fingerprint density at radius 2 is 1.72 bits per heavy atom. The summed E-state index contributed by atoms with van der Waals surface area (Å²) in [4.78, 5) is 22.0. The fourth-order valence-corrected chi connectivity index (χ4v) is 1.51. The number of aliphatic hydroxyl groups excluding tert-OH is 1. The molecule has 0 spiro atoms. The minimum absolute atomic E-state index is 0.0168. The van der Waals surface area contributed by atoms with E-state index >= 15 is 0 Å². The Balaban J connectivity index is 3.89. The van der Waals surface area contributed by atoms with E-state index in [9.17, 15) is 9.59 Å². The molecule has 0 bridgehead atoms. The molecule has 0 saturated carbocycles. The number of rotatable bonds is 8. The number of urea groups is 1. The van der Waals surface area contributed by atoms with Crippen LogP contribution in [0.1, 0.15) is 40.0 Å². The van der Waals surface area contributed by atoms with Crippen LogP contribution in [0.2, 0.25) is 0 Å². The first-order valence-electron chi connectivity index (χ1n) is 6.27. The predicted octanol–water partition coefficient (Wildman–Crippen LogP) is 0.946. The smallest absolute Gasteiger partial charge is 0.328 e. The van der Waals surface area contributed by atoms with E-state index in [1.54, 1.807) is 0 Å². The van der Waals surface area contributed by atoms with Gasteiger partial charge in [0.25, 0.3) is 0 Å². The molecule has 0 aromatic carbocycles.